The molecule has 1 aliphatic heterocycles. The van der Waals surface area contributed by atoms with Crippen LogP contribution in [0.3, 0.4) is 0 Å². The molecule has 0 bridgehead atoms. The first-order valence-corrected chi connectivity index (χ1v) is 8.34. The standard InChI is InChI=1S/C18H25N3O2/c1-3-14(22)13-20-9-11-21(12-10-20)18(23)16-5-4-6-17-15(16)7-8-19(17)2/h4-8,14,22H,3,9-13H2,1-2H3. The van der Waals surface area contributed by atoms with Gasteiger partial charge in [-0.2, -0.15) is 0 Å². The number of rotatable bonds is 4. The Morgan fingerprint density at radius 3 is 2.65 bits per heavy atom. The molecule has 1 fully saturated rings. The molecule has 0 radical (unpaired) electrons. The first-order valence-electron chi connectivity index (χ1n) is 8.34. The molecule has 124 valence electrons. The molecule has 1 unspecified atom stereocenters. The fourth-order valence-corrected chi connectivity index (χ4v) is 3.22. The molecule has 0 spiro atoms. The van der Waals surface area contributed by atoms with Gasteiger partial charge in [-0.15, -0.1) is 0 Å². The van der Waals surface area contributed by atoms with E-state index in [1.165, 1.54) is 0 Å². The molecule has 1 saturated heterocycles. The van der Waals surface area contributed by atoms with Crippen molar-refractivity contribution in [2.24, 2.45) is 7.05 Å². The van der Waals surface area contributed by atoms with Crippen LogP contribution in [-0.4, -0.2) is 64.2 Å². The Morgan fingerprint density at radius 2 is 1.96 bits per heavy atom. The Bertz CT molecular complexity index is 687. The van der Waals surface area contributed by atoms with Crippen molar-refractivity contribution in [2.75, 3.05) is 32.7 Å². The number of aromatic nitrogens is 1. The van der Waals surface area contributed by atoms with Gasteiger partial charge < -0.3 is 14.6 Å². The average molecular weight is 315 g/mol. The van der Waals surface area contributed by atoms with Crippen molar-refractivity contribution in [1.82, 2.24) is 14.4 Å². The number of aliphatic hydroxyl groups is 1. The summed E-state index contributed by atoms with van der Waals surface area (Å²) < 4.78 is 2.04. The van der Waals surface area contributed by atoms with Crippen LogP contribution in [-0.2, 0) is 7.05 Å². The fraction of sp³-hybridized carbons (Fsp3) is 0.500. The van der Waals surface area contributed by atoms with Gasteiger partial charge in [-0.1, -0.05) is 13.0 Å². The Labute approximate surface area is 137 Å². The lowest BCUT2D eigenvalue weighted by molar-refractivity contribution is 0.0525. The van der Waals surface area contributed by atoms with E-state index in [0.29, 0.717) is 6.54 Å². The second-order valence-corrected chi connectivity index (χ2v) is 6.32. The third kappa shape index (κ3) is 3.26. The largest absolute Gasteiger partial charge is 0.392 e. The topological polar surface area (TPSA) is 48.7 Å². The summed E-state index contributed by atoms with van der Waals surface area (Å²) in [5, 5.41) is 10.8. The van der Waals surface area contributed by atoms with Gasteiger partial charge in [0.05, 0.1) is 6.10 Å². The van der Waals surface area contributed by atoms with E-state index in [1.807, 2.05) is 53.9 Å². The Balaban J connectivity index is 1.69. The van der Waals surface area contributed by atoms with Crippen molar-refractivity contribution in [3.05, 3.63) is 36.0 Å². The molecule has 2 aromatic rings. The van der Waals surface area contributed by atoms with Crippen molar-refractivity contribution in [2.45, 2.75) is 19.4 Å². The zero-order valence-electron chi connectivity index (χ0n) is 13.9. The molecule has 1 aliphatic rings. The van der Waals surface area contributed by atoms with Crippen molar-refractivity contribution < 1.29 is 9.90 Å². The maximum atomic E-state index is 12.9. The van der Waals surface area contributed by atoms with Crippen LogP contribution >= 0.6 is 0 Å². The van der Waals surface area contributed by atoms with Crippen LogP contribution in [0, 0.1) is 0 Å². The predicted molar refractivity (Wildman–Crippen MR) is 91.6 cm³/mol. The maximum Gasteiger partial charge on any atom is 0.254 e. The number of nitrogens with zero attached hydrogens (tertiary/aromatic N) is 3. The first-order chi connectivity index (χ1) is 11.1. The number of benzene rings is 1. The smallest absolute Gasteiger partial charge is 0.254 e. The van der Waals surface area contributed by atoms with E-state index in [0.717, 1.165) is 49.1 Å². The van der Waals surface area contributed by atoms with Crippen LogP contribution in [0.4, 0.5) is 0 Å². The summed E-state index contributed by atoms with van der Waals surface area (Å²) in [6.07, 6.45) is 2.50. The molecule has 1 aromatic carbocycles. The quantitative estimate of drug-likeness (QED) is 0.934. The summed E-state index contributed by atoms with van der Waals surface area (Å²) in [5.41, 5.74) is 1.87. The van der Waals surface area contributed by atoms with Gasteiger partial charge in [-0.05, 0) is 24.6 Å². The van der Waals surface area contributed by atoms with Crippen molar-refractivity contribution in [1.29, 1.82) is 0 Å². The SMILES string of the molecule is CCC(O)CN1CCN(C(=O)c2cccc3c2ccn3C)CC1. The number of aliphatic hydroxyl groups excluding tert-OH is 1. The maximum absolute atomic E-state index is 12.9. The molecule has 23 heavy (non-hydrogen) atoms. The molecule has 0 aliphatic carbocycles. The molecule has 5 heteroatoms. The van der Waals surface area contributed by atoms with Crippen molar-refractivity contribution in [3.63, 3.8) is 0 Å². The highest BCUT2D eigenvalue weighted by Gasteiger charge is 2.24. The Hall–Kier alpha value is -1.85. The number of amides is 1. The minimum absolute atomic E-state index is 0.109. The van der Waals surface area contributed by atoms with E-state index in [2.05, 4.69) is 4.90 Å². The van der Waals surface area contributed by atoms with E-state index in [9.17, 15) is 9.90 Å². The van der Waals surface area contributed by atoms with Crippen LogP contribution in [0.5, 0.6) is 0 Å². The zero-order chi connectivity index (χ0) is 16.4. The molecular weight excluding hydrogens is 290 g/mol. The van der Waals surface area contributed by atoms with Crippen LogP contribution in [0.25, 0.3) is 10.9 Å². The number of carbonyl (C=O) groups excluding carboxylic acids is 1. The average Bonchev–Trinajstić information content (AvgIpc) is 2.96. The molecule has 1 amide bonds. The van der Waals surface area contributed by atoms with Crippen molar-refractivity contribution in [3.8, 4) is 0 Å². The van der Waals surface area contributed by atoms with E-state index in [1.54, 1.807) is 0 Å². The lowest BCUT2D eigenvalue weighted by Crippen LogP contribution is -2.50. The summed E-state index contributed by atoms with van der Waals surface area (Å²) >= 11 is 0. The number of hydrogen-bond acceptors (Lipinski definition) is 3. The first kappa shape index (κ1) is 16.0. The Kier molecular flexibility index (Phi) is 4.68. The van der Waals surface area contributed by atoms with E-state index < -0.39 is 0 Å². The molecule has 2 heterocycles. The van der Waals surface area contributed by atoms with Crippen LogP contribution in [0.15, 0.2) is 30.5 Å². The van der Waals surface area contributed by atoms with E-state index >= 15 is 0 Å². The van der Waals surface area contributed by atoms with Crippen LogP contribution < -0.4 is 0 Å². The molecule has 5 nitrogen and oxygen atoms in total. The van der Waals surface area contributed by atoms with Gasteiger partial charge in [0, 0.05) is 62.4 Å². The summed E-state index contributed by atoms with van der Waals surface area (Å²) in [5.74, 6) is 0.109. The lowest BCUT2D eigenvalue weighted by atomic mass is 10.1. The predicted octanol–water partition coefficient (Wildman–Crippen LogP) is 1.71. The molecule has 0 saturated carbocycles. The molecule has 1 atom stereocenters. The van der Waals surface area contributed by atoms with Gasteiger partial charge in [0.2, 0.25) is 0 Å². The number of carbonyl (C=O) groups is 1. The number of β-amino-alcohol motifs (C(OH)–C–C–N with tert-alkyl or cyclic N) is 1. The minimum Gasteiger partial charge on any atom is -0.392 e. The molecule has 1 N–H and O–H groups in total. The van der Waals surface area contributed by atoms with Gasteiger partial charge >= 0.3 is 0 Å². The lowest BCUT2D eigenvalue weighted by Gasteiger charge is -2.35. The normalized spacial score (nSPS) is 17.6. The number of piperazine rings is 1. The van der Waals surface area contributed by atoms with E-state index in [4.69, 9.17) is 0 Å². The third-order valence-electron chi connectivity index (χ3n) is 4.76. The monoisotopic (exact) mass is 315 g/mol. The highest BCUT2D eigenvalue weighted by Crippen LogP contribution is 2.21. The third-order valence-corrected chi connectivity index (χ3v) is 4.76. The Morgan fingerprint density at radius 1 is 1.22 bits per heavy atom. The zero-order valence-corrected chi connectivity index (χ0v) is 13.9. The highest BCUT2D eigenvalue weighted by atomic mass is 16.3. The van der Waals surface area contributed by atoms with Gasteiger partial charge in [0.25, 0.3) is 5.91 Å². The number of fused-ring (bicyclic) bond motifs is 1. The highest BCUT2D eigenvalue weighted by molar-refractivity contribution is 6.06. The van der Waals surface area contributed by atoms with Gasteiger partial charge in [0.1, 0.15) is 0 Å². The van der Waals surface area contributed by atoms with Gasteiger partial charge in [-0.25, -0.2) is 0 Å². The van der Waals surface area contributed by atoms with Gasteiger partial charge in [0.15, 0.2) is 0 Å². The second kappa shape index (κ2) is 6.72. The summed E-state index contributed by atoms with van der Waals surface area (Å²) in [7, 11) is 1.99. The summed E-state index contributed by atoms with van der Waals surface area (Å²) in [4.78, 5) is 17.0. The van der Waals surface area contributed by atoms with E-state index in [-0.39, 0.29) is 12.0 Å². The summed E-state index contributed by atoms with van der Waals surface area (Å²) in [6.45, 7) is 5.79. The molecule has 3 rings (SSSR count). The summed E-state index contributed by atoms with van der Waals surface area (Å²) in [6, 6.07) is 7.91. The number of hydrogen-bond donors (Lipinski definition) is 1. The molecule has 1 aromatic heterocycles. The number of aryl methyl sites for hydroxylation is 1. The van der Waals surface area contributed by atoms with Crippen LogP contribution in [0.2, 0.25) is 0 Å². The fourth-order valence-electron chi connectivity index (χ4n) is 3.22. The molecular formula is C18H25N3O2. The second-order valence-electron chi connectivity index (χ2n) is 6.32. The van der Waals surface area contributed by atoms with Gasteiger partial charge in [-0.3, -0.25) is 9.69 Å². The van der Waals surface area contributed by atoms with Crippen molar-refractivity contribution >= 4 is 16.8 Å². The minimum atomic E-state index is -0.268. The van der Waals surface area contributed by atoms with Crippen LogP contribution in [0.1, 0.15) is 23.7 Å².